The molecule has 0 aromatic carbocycles. The SMILES string of the molecule is CCOC(=O)C1CCC(NC(=O)[C@@H](N)C(C)C)CC1.Cl. The second-order valence-electron chi connectivity index (χ2n) is 5.58. The fourth-order valence-corrected chi connectivity index (χ4v) is 2.33. The average molecular weight is 307 g/mol. The lowest BCUT2D eigenvalue weighted by Gasteiger charge is -2.29. The number of nitrogens with two attached hydrogens (primary N) is 1. The monoisotopic (exact) mass is 306 g/mol. The fraction of sp³-hybridized carbons (Fsp3) is 0.857. The Morgan fingerprint density at radius 2 is 1.80 bits per heavy atom. The van der Waals surface area contributed by atoms with Crippen LogP contribution in [0.25, 0.3) is 0 Å². The van der Waals surface area contributed by atoms with E-state index in [1.165, 1.54) is 0 Å². The molecular formula is C14H27ClN2O3. The van der Waals surface area contributed by atoms with Crippen molar-refractivity contribution in [3.05, 3.63) is 0 Å². The molecule has 0 saturated heterocycles. The molecule has 0 spiro atoms. The molecule has 1 amide bonds. The van der Waals surface area contributed by atoms with Crippen molar-refractivity contribution in [2.24, 2.45) is 17.6 Å². The molecule has 0 radical (unpaired) electrons. The minimum absolute atomic E-state index is 0. The first-order valence-corrected chi connectivity index (χ1v) is 7.18. The number of esters is 1. The van der Waals surface area contributed by atoms with Gasteiger partial charge in [0.25, 0.3) is 0 Å². The molecule has 0 bridgehead atoms. The summed E-state index contributed by atoms with van der Waals surface area (Å²) in [6.45, 7) is 6.11. The quantitative estimate of drug-likeness (QED) is 0.756. The van der Waals surface area contributed by atoms with E-state index >= 15 is 0 Å². The topological polar surface area (TPSA) is 81.4 Å². The van der Waals surface area contributed by atoms with Gasteiger partial charge in [0.15, 0.2) is 0 Å². The third-order valence-electron chi connectivity index (χ3n) is 3.71. The molecule has 1 saturated carbocycles. The van der Waals surface area contributed by atoms with Gasteiger partial charge < -0.3 is 15.8 Å². The van der Waals surface area contributed by atoms with Crippen molar-refractivity contribution < 1.29 is 14.3 Å². The Morgan fingerprint density at radius 1 is 1.25 bits per heavy atom. The van der Waals surface area contributed by atoms with Crippen molar-refractivity contribution in [2.45, 2.75) is 58.5 Å². The van der Waals surface area contributed by atoms with E-state index in [1.807, 2.05) is 20.8 Å². The number of amides is 1. The van der Waals surface area contributed by atoms with Crippen molar-refractivity contribution >= 4 is 24.3 Å². The molecular weight excluding hydrogens is 280 g/mol. The van der Waals surface area contributed by atoms with E-state index in [9.17, 15) is 9.59 Å². The summed E-state index contributed by atoms with van der Waals surface area (Å²) in [7, 11) is 0. The van der Waals surface area contributed by atoms with Gasteiger partial charge in [-0.2, -0.15) is 0 Å². The zero-order valence-corrected chi connectivity index (χ0v) is 13.4. The molecule has 1 atom stereocenters. The van der Waals surface area contributed by atoms with Crippen LogP contribution >= 0.6 is 12.4 Å². The Hall–Kier alpha value is -0.810. The molecule has 118 valence electrons. The van der Waals surface area contributed by atoms with E-state index in [0.717, 1.165) is 25.7 Å². The normalized spacial score (nSPS) is 23.6. The van der Waals surface area contributed by atoms with Gasteiger partial charge in [0.1, 0.15) is 0 Å². The van der Waals surface area contributed by atoms with Crippen LogP contribution in [-0.2, 0) is 14.3 Å². The number of carbonyl (C=O) groups is 2. The minimum atomic E-state index is -0.456. The molecule has 0 aromatic heterocycles. The maximum absolute atomic E-state index is 11.8. The second-order valence-corrected chi connectivity index (χ2v) is 5.58. The number of hydrogen-bond acceptors (Lipinski definition) is 4. The molecule has 5 nitrogen and oxygen atoms in total. The van der Waals surface area contributed by atoms with Crippen LogP contribution in [0.5, 0.6) is 0 Å². The molecule has 0 heterocycles. The molecule has 0 aliphatic heterocycles. The van der Waals surface area contributed by atoms with Crippen molar-refractivity contribution in [1.29, 1.82) is 0 Å². The van der Waals surface area contributed by atoms with Gasteiger partial charge in [-0.3, -0.25) is 9.59 Å². The van der Waals surface area contributed by atoms with E-state index in [4.69, 9.17) is 10.5 Å². The zero-order valence-electron chi connectivity index (χ0n) is 12.6. The number of nitrogens with one attached hydrogen (secondary N) is 1. The lowest BCUT2D eigenvalue weighted by atomic mass is 9.86. The van der Waals surface area contributed by atoms with E-state index in [1.54, 1.807) is 0 Å². The smallest absolute Gasteiger partial charge is 0.308 e. The molecule has 1 fully saturated rings. The number of ether oxygens (including phenoxy) is 1. The van der Waals surface area contributed by atoms with Crippen LogP contribution in [0.2, 0.25) is 0 Å². The first kappa shape index (κ1) is 19.2. The first-order valence-electron chi connectivity index (χ1n) is 7.18. The van der Waals surface area contributed by atoms with Gasteiger partial charge in [-0.25, -0.2) is 0 Å². The maximum atomic E-state index is 11.8. The highest BCUT2D eigenvalue weighted by Gasteiger charge is 2.29. The van der Waals surface area contributed by atoms with Gasteiger partial charge in [-0.05, 0) is 38.5 Å². The van der Waals surface area contributed by atoms with Gasteiger partial charge in [-0.15, -0.1) is 12.4 Å². The Bertz CT molecular complexity index is 316. The van der Waals surface area contributed by atoms with E-state index in [-0.39, 0.29) is 42.2 Å². The summed E-state index contributed by atoms with van der Waals surface area (Å²) in [5, 5.41) is 2.98. The van der Waals surface area contributed by atoms with Gasteiger partial charge in [0.2, 0.25) is 5.91 Å². The summed E-state index contributed by atoms with van der Waals surface area (Å²) in [6.07, 6.45) is 3.20. The summed E-state index contributed by atoms with van der Waals surface area (Å²) < 4.78 is 5.02. The fourth-order valence-electron chi connectivity index (χ4n) is 2.33. The predicted octanol–water partition coefficient (Wildman–Crippen LogP) is 1.63. The van der Waals surface area contributed by atoms with Crippen LogP contribution in [0, 0.1) is 11.8 Å². The predicted molar refractivity (Wildman–Crippen MR) is 80.6 cm³/mol. The molecule has 1 rings (SSSR count). The molecule has 0 unspecified atom stereocenters. The molecule has 3 N–H and O–H groups in total. The first-order chi connectivity index (χ1) is 8.95. The molecule has 20 heavy (non-hydrogen) atoms. The van der Waals surface area contributed by atoms with Crippen LogP contribution in [0.4, 0.5) is 0 Å². The standard InChI is InChI=1S/C14H26N2O3.ClH/c1-4-19-14(18)10-5-7-11(8-6-10)16-13(17)12(15)9(2)3;/h9-12H,4-8,15H2,1-3H3,(H,16,17);1H/t10?,11?,12-;/m0./s1. The summed E-state index contributed by atoms with van der Waals surface area (Å²) in [5.74, 6) is -0.0662. The average Bonchev–Trinajstić information content (AvgIpc) is 2.38. The molecule has 1 aliphatic rings. The van der Waals surface area contributed by atoms with Crippen LogP contribution in [0.3, 0.4) is 0 Å². The number of hydrogen-bond donors (Lipinski definition) is 2. The van der Waals surface area contributed by atoms with Gasteiger partial charge >= 0.3 is 5.97 Å². The number of halogens is 1. The number of rotatable bonds is 5. The highest BCUT2D eigenvalue weighted by Crippen LogP contribution is 2.25. The lowest BCUT2D eigenvalue weighted by molar-refractivity contribution is -0.149. The van der Waals surface area contributed by atoms with Gasteiger partial charge in [-0.1, -0.05) is 13.8 Å². The van der Waals surface area contributed by atoms with Crippen molar-refractivity contribution in [1.82, 2.24) is 5.32 Å². The summed E-state index contributed by atoms with van der Waals surface area (Å²) in [5.41, 5.74) is 5.81. The minimum Gasteiger partial charge on any atom is -0.466 e. The van der Waals surface area contributed by atoms with Crippen LogP contribution in [0.1, 0.15) is 46.5 Å². The Kier molecular flexibility index (Phi) is 8.81. The Morgan fingerprint density at radius 3 is 2.25 bits per heavy atom. The lowest BCUT2D eigenvalue weighted by Crippen LogP contribution is -2.48. The number of carbonyl (C=O) groups excluding carboxylic acids is 2. The Balaban J connectivity index is 0.00000361. The van der Waals surface area contributed by atoms with Gasteiger partial charge in [0.05, 0.1) is 18.6 Å². The van der Waals surface area contributed by atoms with Crippen LogP contribution in [-0.4, -0.2) is 30.6 Å². The van der Waals surface area contributed by atoms with E-state index < -0.39 is 6.04 Å². The second kappa shape index (κ2) is 9.19. The highest BCUT2D eigenvalue weighted by molar-refractivity contribution is 5.85. The van der Waals surface area contributed by atoms with Crippen molar-refractivity contribution in [2.75, 3.05) is 6.61 Å². The third kappa shape index (κ3) is 5.67. The summed E-state index contributed by atoms with van der Waals surface area (Å²) in [4.78, 5) is 23.4. The maximum Gasteiger partial charge on any atom is 0.308 e. The summed E-state index contributed by atoms with van der Waals surface area (Å²) in [6, 6.07) is -0.314. The van der Waals surface area contributed by atoms with E-state index in [2.05, 4.69) is 5.32 Å². The molecule has 0 aromatic rings. The zero-order chi connectivity index (χ0) is 14.4. The Labute approximate surface area is 127 Å². The van der Waals surface area contributed by atoms with Crippen LogP contribution < -0.4 is 11.1 Å². The van der Waals surface area contributed by atoms with E-state index in [0.29, 0.717) is 6.61 Å². The summed E-state index contributed by atoms with van der Waals surface area (Å²) >= 11 is 0. The van der Waals surface area contributed by atoms with Crippen LogP contribution in [0.15, 0.2) is 0 Å². The molecule has 1 aliphatic carbocycles. The third-order valence-corrected chi connectivity index (χ3v) is 3.71. The van der Waals surface area contributed by atoms with Crippen molar-refractivity contribution in [3.63, 3.8) is 0 Å². The molecule has 6 heteroatoms. The highest BCUT2D eigenvalue weighted by atomic mass is 35.5. The largest absolute Gasteiger partial charge is 0.466 e. The van der Waals surface area contributed by atoms with Gasteiger partial charge in [0, 0.05) is 6.04 Å². The van der Waals surface area contributed by atoms with Crippen molar-refractivity contribution in [3.8, 4) is 0 Å².